The molecule has 5 nitrogen and oxygen atoms in total. The average molecular weight is 462 g/mol. The number of carbonyl (C=O) groups excluding carboxylic acids is 2. The molecule has 5 heteroatoms. The monoisotopic (exact) mass is 461 g/mol. The van der Waals surface area contributed by atoms with Crippen molar-refractivity contribution in [2.45, 2.75) is 12.6 Å². The third-order valence-corrected chi connectivity index (χ3v) is 5.94. The Morgan fingerprint density at radius 2 is 1.34 bits per heavy atom. The van der Waals surface area contributed by atoms with E-state index in [1.165, 1.54) is 4.90 Å². The SMILES string of the molecule is O=C1C(=O)N(Cc2ccccc2)C(c2cccc(Oc3ccccc3)c2)C1=C(O)c1ccccc1. The number of hydrogen-bond donors (Lipinski definition) is 1. The van der Waals surface area contributed by atoms with Crippen LogP contribution in [0.5, 0.6) is 11.5 Å². The molecule has 1 aliphatic heterocycles. The van der Waals surface area contributed by atoms with Crippen molar-refractivity contribution < 1.29 is 19.4 Å². The number of aliphatic hydroxyl groups is 1. The van der Waals surface area contributed by atoms with Gasteiger partial charge in [-0.3, -0.25) is 9.59 Å². The van der Waals surface area contributed by atoms with Gasteiger partial charge in [-0.25, -0.2) is 0 Å². The first-order chi connectivity index (χ1) is 17.1. The van der Waals surface area contributed by atoms with Crippen molar-refractivity contribution in [1.82, 2.24) is 4.90 Å². The van der Waals surface area contributed by atoms with Gasteiger partial charge in [0.05, 0.1) is 11.6 Å². The van der Waals surface area contributed by atoms with Crippen LogP contribution in [0.3, 0.4) is 0 Å². The molecule has 1 N–H and O–H groups in total. The van der Waals surface area contributed by atoms with Gasteiger partial charge in [-0.15, -0.1) is 0 Å². The zero-order chi connectivity index (χ0) is 24.2. The molecule has 1 amide bonds. The standard InChI is InChI=1S/C30H23NO4/c32-28(22-13-6-2-7-14-22)26-27(31(30(34)29(26)33)20-21-11-4-1-5-12-21)23-15-10-18-25(19-23)35-24-16-8-3-9-17-24/h1-19,27,32H,20H2. The molecule has 0 aliphatic carbocycles. The van der Waals surface area contributed by atoms with Crippen LogP contribution in [0.1, 0.15) is 22.7 Å². The summed E-state index contributed by atoms with van der Waals surface area (Å²) >= 11 is 0. The van der Waals surface area contributed by atoms with Gasteiger partial charge in [0, 0.05) is 12.1 Å². The normalized spacial score (nSPS) is 16.9. The summed E-state index contributed by atoms with van der Waals surface area (Å²) in [5.41, 5.74) is 2.10. The van der Waals surface area contributed by atoms with Gasteiger partial charge in [-0.05, 0) is 35.4 Å². The number of Topliss-reactive ketones (excluding diaryl/α,β-unsaturated/α-hetero) is 1. The van der Waals surface area contributed by atoms with E-state index in [4.69, 9.17) is 4.74 Å². The number of hydrogen-bond acceptors (Lipinski definition) is 4. The van der Waals surface area contributed by atoms with E-state index in [1.807, 2.05) is 84.9 Å². The Bertz CT molecular complexity index is 1380. The fourth-order valence-corrected chi connectivity index (χ4v) is 4.29. The van der Waals surface area contributed by atoms with Crippen LogP contribution in [0.2, 0.25) is 0 Å². The van der Waals surface area contributed by atoms with Gasteiger partial charge in [-0.1, -0.05) is 91.0 Å². The minimum Gasteiger partial charge on any atom is -0.507 e. The van der Waals surface area contributed by atoms with Gasteiger partial charge in [-0.2, -0.15) is 0 Å². The number of carbonyl (C=O) groups is 2. The van der Waals surface area contributed by atoms with Crippen LogP contribution in [-0.4, -0.2) is 21.7 Å². The highest BCUT2D eigenvalue weighted by Crippen LogP contribution is 2.41. The molecule has 4 aromatic carbocycles. The van der Waals surface area contributed by atoms with E-state index in [-0.39, 0.29) is 17.9 Å². The first kappa shape index (κ1) is 22.2. The van der Waals surface area contributed by atoms with Crippen molar-refractivity contribution in [3.05, 3.63) is 138 Å². The van der Waals surface area contributed by atoms with Gasteiger partial charge in [0.25, 0.3) is 11.7 Å². The highest BCUT2D eigenvalue weighted by Gasteiger charge is 2.46. The smallest absolute Gasteiger partial charge is 0.295 e. The van der Waals surface area contributed by atoms with Crippen LogP contribution >= 0.6 is 0 Å². The highest BCUT2D eigenvalue weighted by atomic mass is 16.5. The average Bonchev–Trinajstić information content (AvgIpc) is 3.15. The first-order valence-electron chi connectivity index (χ1n) is 11.3. The predicted octanol–water partition coefficient (Wildman–Crippen LogP) is 6.10. The fraction of sp³-hybridized carbons (Fsp3) is 0.0667. The lowest BCUT2D eigenvalue weighted by atomic mass is 9.95. The summed E-state index contributed by atoms with van der Waals surface area (Å²) in [5.74, 6) is -0.308. The number of para-hydroxylation sites is 1. The van der Waals surface area contributed by atoms with Gasteiger partial charge < -0.3 is 14.7 Å². The highest BCUT2D eigenvalue weighted by molar-refractivity contribution is 6.46. The number of ether oxygens (including phenoxy) is 1. The maximum absolute atomic E-state index is 13.2. The van der Waals surface area contributed by atoms with Crippen molar-refractivity contribution in [3.63, 3.8) is 0 Å². The molecule has 0 aromatic heterocycles. The van der Waals surface area contributed by atoms with Gasteiger partial charge in [0.2, 0.25) is 0 Å². The Hall–Kier alpha value is -4.64. The Morgan fingerprint density at radius 3 is 2.03 bits per heavy atom. The molecule has 1 unspecified atom stereocenters. The van der Waals surface area contributed by atoms with E-state index < -0.39 is 17.7 Å². The molecule has 1 saturated heterocycles. The number of aliphatic hydroxyl groups excluding tert-OH is 1. The topological polar surface area (TPSA) is 66.8 Å². The lowest BCUT2D eigenvalue weighted by Crippen LogP contribution is -2.29. The fourth-order valence-electron chi connectivity index (χ4n) is 4.29. The van der Waals surface area contributed by atoms with Crippen LogP contribution in [0, 0.1) is 0 Å². The Morgan fingerprint density at radius 1 is 0.743 bits per heavy atom. The molecular weight excluding hydrogens is 438 g/mol. The minimum absolute atomic E-state index is 0.0639. The quantitative estimate of drug-likeness (QED) is 0.214. The number of likely N-dealkylation sites (tertiary alicyclic amines) is 1. The molecule has 4 aromatic rings. The van der Waals surface area contributed by atoms with Crippen LogP contribution in [0.15, 0.2) is 121 Å². The maximum atomic E-state index is 13.2. The lowest BCUT2D eigenvalue weighted by molar-refractivity contribution is -0.140. The second-order valence-electron chi connectivity index (χ2n) is 8.27. The molecule has 1 fully saturated rings. The maximum Gasteiger partial charge on any atom is 0.295 e. The number of ketones is 1. The second kappa shape index (κ2) is 9.69. The molecule has 0 radical (unpaired) electrons. The number of benzene rings is 4. The van der Waals surface area contributed by atoms with E-state index in [9.17, 15) is 14.7 Å². The molecule has 0 saturated carbocycles. The van der Waals surface area contributed by atoms with E-state index >= 15 is 0 Å². The van der Waals surface area contributed by atoms with Crippen molar-refractivity contribution in [1.29, 1.82) is 0 Å². The minimum atomic E-state index is -0.769. The summed E-state index contributed by atoms with van der Waals surface area (Å²) in [6.45, 7) is 0.228. The third kappa shape index (κ3) is 4.57. The van der Waals surface area contributed by atoms with E-state index in [2.05, 4.69) is 0 Å². The molecule has 172 valence electrons. The van der Waals surface area contributed by atoms with E-state index in [1.54, 1.807) is 30.3 Å². The van der Waals surface area contributed by atoms with Gasteiger partial charge in [0.15, 0.2) is 0 Å². The first-order valence-corrected chi connectivity index (χ1v) is 11.3. The number of amides is 1. The Balaban J connectivity index is 1.61. The summed E-state index contributed by atoms with van der Waals surface area (Å²) in [7, 11) is 0. The van der Waals surface area contributed by atoms with Gasteiger partial charge >= 0.3 is 0 Å². The molecule has 1 aliphatic rings. The number of nitrogens with zero attached hydrogens (tertiary/aromatic N) is 1. The van der Waals surface area contributed by atoms with Crippen molar-refractivity contribution in [3.8, 4) is 11.5 Å². The second-order valence-corrected chi connectivity index (χ2v) is 8.27. The molecule has 1 atom stereocenters. The van der Waals surface area contributed by atoms with Crippen molar-refractivity contribution in [2.24, 2.45) is 0 Å². The van der Waals surface area contributed by atoms with Crippen molar-refractivity contribution in [2.75, 3.05) is 0 Å². The lowest BCUT2D eigenvalue weighted by Gasteiger charge is -2.26. The molecule has 0 bridgehead atoms. The zero-order valence-corrected chi connectivity index (χ0v) is 18.9. The third-order valence-electron chi connectivity index (χ3n) is 5.94. The molecular formula is C30H23NO4. The van der Waals surface area contributed by atoms with E-state index in [0.29, 0.717) is 22.6 Å². The van der Waals surface area contributed by atoms with Crippen LogP contribution in [0.4, 0.5) is 0 Å². The van der Waals surface area contributed by atoms with Crippen LogP contribution in [-0.2, 0) is 16.1 Å². The summed E-state index contributed by atoms with van der Waals surface area (Å²) in [5, 5.41) is 11.2. The van der Waals surface area contributed by atoms with Crippen LogP contribution in [0.25, 0.3) is 5.76 Å². The summed E-state index contributed by atoms with van der Waals surface area (Å²) in [6, 6.07) is 34.2. The van der Waals surface area contributed by atoms with E-state index in [0.717, 1.165) is 5.56 Å². The molecule has 1 heterocycles. The molecule has 35 heavy (non-hydrogen) atoms. The summed E-state index contributed by atoms with van der Waals surface area (Å²) in [4.78, 5) is 28.0. The summed E-state index contributed by atoms with van der Waals surface area (Å²) < 4.78 is 6.00. The Kier molecular flexibility index (Phi) is 6.14. The Labute approximate surface area is 203 Å². The zero-order valence-electron chi connectivity index (χ0n) is 18.9. The molecule has 0 spiro atoms. The van der Waals surface area contributed by atoms with Crippen LogP contribution < -0.4 is 4.74 Å². The summed E-state index contributed by atoms with van der Waals surface area (Å²) in [6.07, 6.45) is 0. The van der Waals surface area contributed by atoms with Gasteiger partial charge in [0.1, 0.15) is 17.3 Å². The molecule has 5 rings (SSSR count). The predicted molar refractivity (Wildman–Crippen MR) is 134 cm³/mol. The van der Waals surface area contributed by atoms with Crippen molar-refractivity contribution >= 4 is 17.4 Å². The number of rotatable bonds is 6. The largest absolute Gasteiger partial charge is 0.507 e.